The number of anilines is 4. The van der Waals surface area contributed by atoms with E-state index < -0.39 is 35.1 Å². The number of benzene rings is 4. The highest BCUT2D eigenvalue weighted by Crippen LogP contribution is 2.52. The van der Waals surface area contributed by atoms with E-state index in [0.29, 0.717) is 138 Å². The van der Waals surface area contributed by atoms with Gasteiger partial charge in [0.25, 0.3) is 0 Å². The summed E-state index contributed by atoms with van der Waals surface area (Å²) in [7, 11) is 0. The molecule has 11 N–H and O–H groups in total. The van der Waals surface area contributed by atoms with Crippen molar-refractivity contribution in [2.45, 2.75) is 146 Å². The molecule has 6 fully saturated rings. The van der Waals surface area contributed by atoms with Gasteiger partial charge in [0.2, 0.25) is 22.6 Å². The number of nitrogens with one attached hydrogen (secondary N) is 4. The fourth-order valence-electron chi connectivity index (χ4n) is 16.5. The number of aromatic nitrogens is 16. The molecule has 6 aliphatic rings. The van der Waals surface area contributed by atoms with Crippen LogP contribution in [0, 0.1) is 22.5 Å². The number of halogens is 10. The molecule has 0 amide bonds. The van der Waals surface area contributed by atoms with Crippen molar-refractivity contribution in [2.24, 2.45) is 28.0 Å². The molecule has 0 radical (unpaired) electrons. The maximum atomic E-state index is 14.6. The topological polar surface area (TPSA) is 329 Å². The fourth-order valence-corrected chi connectivity index (χ4v) is 17.7. The van der Waals surface area contributed by atoms with E-state index in [1.807, 2.05) is 31.2 Å². The summed E-state index contributed by atoms with van der Waals surface area (Å²) in [6.45, 7) is 12.0. The first-order valence-corrected chi connectivity index (χ1v) is 39.5. The molecule has 18 rings (SSSR count). The fraction of sp³-hybridized carbons (Fsp3) is 0.429. The second kappa shape index (κ2) is 31.5. The normalized spacial score (nSPS) is 21.3. The van der Waals surface area contributed by atoms with Gasteiger partial charge in [-0.2, -0.15) is 20.4 Å². The van der Waals surface area contributed by atoms with E-state index in [4.69, 9.17) is 91.8 Å². The first-order chi connectivity index (χ1) is 53.3. The Kier molecular flexibility index (Phi) is 22.1. The second-order valence-corrected chi connectivity index (χ2v) is 32.6. The van der Waals surface area contributed by atoms with Gasteiger partial charge in [-0.05, 0) is 138 Å². The maximum Gasteiger partial charge on any atom is 0.202 e. The van der Waals surface area contributed by atoms with E-state index in [9.17, 15) is 22.7 Å². The summed E-state index contributed by atoms with van der Waals surface area (Å²) in [5, 5.41) is 41.3. The van der Waals surface area contributed by atoms with Crippen LogP contribution in [0.4, 0.5) is 40.8 Å². The number of hydrogen-bond acceptors (Lipinski definition) is 20. The summed E-state index contributed by atoms with van der Waals surface area (Å²) in [5.74, 6) is 2.09. The smallest absolute Gasteiger partial charge is 0.202 e. The Morgan fingerprint density at radius 3 is 1.23 bits per heavy atom. The second-order valence-electron chi connectivity index (χ2n) is 30.2. The third-order valence-electron chi connectivity index (χ3n) is 23.9. The lowest BCUT2D eigenvalue weighted by molar-refractivity contribution is 0.0124. The first-order valence-electron chi connectivity index (χ1n) is 37.3. The predicted octanol–water partition coefficient (Wildman–Crippen LogP) is 16.2. The van der Waals surface area contributed by atoms with Gasteiger partial charge in [0.1, 0.15) is 68.8 Å². The van der Waals surface area contributed by atoms with Gasteiger partial charge in [0, 0.05) is 86.7 Å². The van der Waals surface area contributed by atoms with Crippen molar-refractivity contribution in [1.82, 2.24) is 80.7 Å². The van der Waals surface area contributed by atoms with Crippen molar-refractivity contribution in [3.05, 3.63) is 139 Å². The number of H-pyrrole nitrogens is 4. The Morgan fingerprint density at radius 1 is 0.459 bits per heavy atom. The van der Waals surface area contributed by atoms with Crippen LogP contribution in [0.3, 0.4) is 0 Å². The molecule has 2 saturated carbocycles. The monoisotopic (exact) mass is 1630 g/mol. The molecular formula is C77H83Cl6F4N23O. The lowest BCUT2D eigenvalue weighted by Crippen LogP contribution is -2.52. The van der Waals surface area contributed by atoms with Crippen LogP contribution in [0.1, 0.15) is 111 Å². The summed E-state index contributed by atoms with van der Waals surface area (Å²) in [6.07, 6.45) is 17.3. The van der Waals surface area contributed by atoms with Gasteiger partial charge in [-0.15, -0.1) is 0 Å². The molecule has 34 heteroatoms. The van der Waals surface area contributed by atoms with Crippen LogP contribution in [0.2, 0.25) is 30.1 Å². The largest absolute Gasteiger partial charge is 0.390 e. The van der Waals surface area contributed by atoms with Gasteiger partial charge in [-0.3, -0.25) is 20.4 Å². The minimum atomic E-state index is -1.27. The minimum absolute atomic E-state index is 0.0406. The zero-order valence-corrected chi connectivity index (χ0v) is 65.7. The van der Waals surface area contributed by atoms with Gasteiger partial charge >= 0.3 is 0 Å². The molecule has 4 aliphatic heterocycles. The molecular weight excluding hydrogens is 1550 g/mol. The summed E-state index contributed by atoms with van der Waals surface area (Å²) < 4.78 is 56.5. The van der Waals surface area contributed by atoms with E-state index in [2.05, 4.69) is 102 Å². The van der Waals surface area contributed by atoms with Gasteiger partial charge < -0.3 is 41.9 Å². The summed E-state index contributed by atoms with van der Waals surface area (Å²) in [6, 6.07) is 19.3. The lowest BCUT2D eigenvalue weighted by Gasteiger charge is -2.43. The Balaban J connectivity index is 0.000000118. The minimum Gasteiger partial charge on any atom is -0.390 e. The molecule has 12 heterocycles. The number of fused-ring (bicyclic) bond motifs is 4. The van der Waals surface area contributed by atoms with Crippen molar-refractivity contribution in [3.8, 4) is 45.0 Å². The number of aliphatic hydroxyl groups is 1. The molecule has 111 heavy (non-hydrogen) atoms. The van der Waals surface area contributed by atoms with Gasteiger partial charge in [0.15, 0.2) is 0 Å². The number of piperidine rings is 4. The van der Waals surface area contributed by atoms with E-state index >= 15 is 0 Å². The third kappa shape index (κ3) is 15.3. The summed E-state index contributed by atoms with van der Waals surface area (Å²) >= 11 is 37.2. The van der Waals surface area contributed by atoms with Gasteiger partial charge in [0.05, 0.1) is 88.9 Å². The van der Waals surface area contributed by atoms with Gasteiger partial charge in [-0.25, -0.2) is 57.4 Å². The highest BCUT2D eigenvalue weighted by molar-refractivity contribution is 6.44. The van der Waals surface area contributed by atoms with E-state index in [1.165, 1.54) is 12.1 Å². The molecule has 4 saturated heterocycles. The first kappa shape index (κ1) is 77.9. The van der Waals surface area contributed by atoms with Crippen molar-refractivity contribution in [3.63, 3.8) is 0 Å². The van der Waals surface area contributed by atoms with Crippen LogP contribution >= 0.6 is 69.6 Å². The van der Waals surface area contributed by atoms with Crippen LogP contribution in [-0.2, 0) is 0 Å². The number of aromatic amines is 4. The molecule has 24 nitrogen and oxygen atoms in total. The average Bonchev–Trinajstić information content (AvgIpc) is 1.53. The van der Waals surface area contributed by atoms with Crippen LogP contribution in [0.5, 0.6) is 0 Å². The Bertz CT molecular complexity index is 5360. The molecule has 2 spiro atoms. The summed E-state index contributed by atoms with van der Waals surface area (Å²) in [5.41, 5.74) is 25.6. The number of alkyl halides is 2. The maximum absolute atomic E-state index is 14.6. The Morgan fingerprint density at radius 2 is 0.829 bits per heavy atom. The van der Waals surface area contributed by atoms with Crippen molar-refractivity contribution in [2.75, 3.05) is 72.0 Å². The van der Waals surface area contributed by atoms with Crippen LogP contribution in [-0.4, -0.2) is 173 Å². The predicted molar refractivity (Wildman–Crippen MR) is 430 cm³/mol. The average molecular weight is 1640 g/mol. The summed E-state index contributed by atoms with van der Waals surface area (Å²) in [4.78, 5) is 45.3. The van der Waals surface area contributed by atoms with E-state index in [-0.39, 0.29) is 38.0 Å². The Labute approximate surface area is 666 Å². The zero-order chi connectivity index (χ0) is 77.9. The van der Waals surface area contributed by atoms with Crippen molar-refractivity contribution >= 4 is 138 Å². The lowest BCUT2D eigenvalue weighted by atomic mass is 9.73. The Hall–Kier alpha value is -8.42. The van der Waals surface area contributed by atoms with Gasteiger partial charge in [-0.1, -0.05) is 126 Å². The van der Waals surface area contributed by atoms with Crippen LogP contribution in [0.25, 0.3) is 89.7 Å². The van der Waals surface area contributed by atoms with Crippen molar-refractivity contribution < 1.29 is 22.7 Å². The van der Waals surface area contributed by atoms with Crippen LogP contribution in [0.15, 0.2) is 97.6 Å². The SMILES string of the molecule is CC1(F)CCC2(CCN(c3cnc4c(-c5cccc(Cl)c5Cl)[nH]nc4n3)CC2)C1N.CCC1(N)CCN(c2cnc3c(-c4cccc(F)c4Cl)[nH]nc3n2)CC1.CCC1(O)CCN(c2cnc3c(-c4c(F)cccc4Cl)[nH]nc3n2)CC1.NC1C(F)CCC12CCN(c1cnc3c(-c4cccc(Cl)c4Cl)[nH]nc3n1)CC2. The van der Waals surface area contributed by atoms with E-state index in [0.717, 1.165) is 132 Å². The molecule has 4 atom stereocenters. The number of nitrogens with two attached hydrogens (primary N) is 3. The third-order valence-corrected chi connectivity index (χ3v) is 26.3. The molecule has 2 aliphatic carbocycles. The number of nitrogens with zero attached hydrogens (tertiary/aromatic N) is 16. The van der Waals surface area contributed by atoms with Crippen LogP contribution < -0.4 is 36.8 Å². The molecule has 4 unspecified atom stereocenters. The zero-order valence-electron chi connectivity index (χ0n) is 61.1. The highest BCUT2D eigenvalue weighted by Gasteiger charge is 2.54. The molecule has 4 aromatic carbocycles. The number of hydrogen-bond donors (Lipinski definition) is 8. The standard InChI is InChI=1S/C21H23Cl2FN6.C20H21Cl2FN6.C18H20ClFN6.C18H19ClFN5O/c1-20(24)5-6-21(19(20)25)7-9-30(10-8-21)14-11-26-17-16(28-29-18(17)27-14)12-3-2-4-13(22)15(12)23;21-12-3-1-2-11(15(12)22)16-17-19(28-27-16)26-14(10-25-17)29-8-6-20(7-9-29)5-4-13(23)18(20)24;1-2-18(21)6-8-26(9-7-18)13-10-22-16-15(24-25-17(16)23-13)11-4-3-5-12(20)14(11)19;1-2-18(26)6-8-25(9-7-18)13-10-21-16-15(23-24-17(16)22-13)14-11(19)4-3-5-12(14)20/h2-4,11,19H,5-10,25H2,1H3,(H,27,28,29);1-3,10,13,18H,4-9,24H2,(H,26,27,28);3-5,10H,2,6-9,21H2,1H3,(H,23,24,25);3-5,10,26H,2,6-9H2,1H3,(H,22,23,24). The highest BCUT2D eigenvalue weighted by atomic mass is 35.5. The number of rotatable bonds is 10. The van der Waals surface area contributed by atoms with E-state index in [1.54, 1.807) is 68.1 Å². The molecule has 0 bridgehead atoms. The quantitative estimate of drug-likeness (QED) is 0.0590. The van der Waals surface area contributed by atoms with Crippen molar-refractivity contribution in [1.29, 1.82) is 0 Å². The molecule has 582 valence electrons. The molecule has 8 aromatic heterocycles. The molecule has 12 aromatic rings.